The highest BCUT2D eigenvalue weighted by Gasteiger charge is 2.35. The molecule has 0 saturated carbocycles. The van der Waals surface area contributed by atoms with Gasteiger partial charge < -0.3 is 15.4 Å². The Kier molecular flexibility index (Phi) is 6.78. The molecule has 1 aromatic rings. The Morgan fingerprint density at radius 2 is 2.27 bits per heavy atom. The molecule has 2 N–H and O–H groups in total. The van der Waals surface area contributed by atoms with Crippen molar-refractivity contribution in [2.45, 2.75) is 38.3 Å². The van der Waals surface area contributed by atoms with Crippen molar-refractivity contribution < 1.29 is 13.9 Å². The molecule has 0 spiro atoms. The van der Waals surface area contributed by atoms with E-state index in [-0.39, 0.29) is 30.2 Å². The number of rotatable bonds is 4. The van der Waals surface area contributed by atoms with Crippen LogP contribution in [-0.2, 0) is 9.53 Å². The number of nitrogens with zero attached hydrogens (tertiary/aromatic N) is 1. The summed E-state index contributed by atoms with van der Waals surface area (Å²) in [4.78, 5) is 14.3. The van der Waals surface area contributed by atoms with Crippen molar-refractivity contribution in [2.75, 3.05) is 19.7 Å². The maximum atomic E-state index is 13.3. The summed E-state index contributed by atoms with van der Waals surface area (Å²) in [5, 5.41) is 0. The van der Waals surface area contributed by atoms with Crippen LogP contribution >= 0.6 is 12.4 Å². The van der Waals surface area contributed by atoms with Crippen molar-refractivity contribution in [3.63, 3.8) is 0 Å². The number of carbonyl (C=O) groups is 1. The van der Waals surface area contributed by atoms with Gasteiger partial charge in [-0.2, -0.15) is 0 Å². The maximum absolute atomic E-state index is 13.3. The molecule has 124 valence electrons. The second kappa shape index (κ2) is 7.90. The second-order valence-corrected chi connectivity index (χ2v) is 5.83. The van der Waals surface area contributed by atoms with E-state index in [9.17, 15) is 9.18 Å². The zero-order chi connectivity index (χ0) is 15.5. The molecule has 2 unspecified atom stereocenters. The molecule has 1 aliphatic rings. The molecule has 2 atom stereocenters. The van der Waals surface area contributed by atoms with E-state index in [4.69, 9.17) is 10.5 Å². The number of amides is 1. The first-order valence-corrected chi connectivity index (χ1v) is 7.39. The maximum Gasteiger partial charge on any atom is 0.242 e. The molecule has 6 heteroatoms. The number of morpholine rings is 1. The van der Waals surface area contributed by atoms with Crippen molar-refractivity contribution in [2.24, 2.45) is 5.73 Å². The molecular weight excluding hydrogens is 307 g/mol. The van der Waals surface area contributed by atoms with Gasteiger partial charge in [0.2, 0.25) is 5.91 Å². The van der Waals surface area contributed by atoms with Gasteiger partial charge in [-0.05, 0) is 31.0 Å². The highest BCUT2D eigenvalue weighted by Crippen LogP contribution is 2.24. The van der Waals surface area contributed by atoms with Crippen molar-refractivity contribution in [3.8, 4) is 0 Å². The van der Waals surface area contributed by atoms with Gasteiger partial charge >= 0.3 is 0 Å². The highest BCUT2D eigenvalue weighted by molar-refractivity contribution is 5.86. The Hall–Kier alpha value is -1.17. The van der Waals surface area contributed by atoms with Gasteiger partial charge in [0.1, 0.15) is 11.9 Å². The normalized spacial score (nSPS) is 20.9. The van der Waals surface area contributed by atoms with Crippen LogP contribution in [0, 0.1) is 5.82 Å². The van der Waals surface area contributed by atoms with E-state index in [0.717, 1.165) is 12.0 Å². The molecule has 0 bridgehead atoms. The first kappa shape index (κ1) is 18.9. The summed E-state index contributed by atoms with van der Waals surface area (Å²) in [7, 11) is 0. The average molecular weight is 331 g/mol. The monoisotopic (exact) mass is 330 g/mol. The van der Waals surface area contributed by atoms with E-state index < -0.39 is 5.54 Å². The summed E-state index contributed by atoms with van der Waals surface area (Å²) in [6.07, 6.45) is 1.21. The van der Waals surface area contributed by atoms with Crippen molar-refractivity contribution in [1.82, 2.24) is 4.90 Å². The lowest BCUT2D eigenvalue weighted by Crippen LogP contribution is -2.56. The quantitative estimate of drug-likeness (QED) is 0.923. The zero-order valence-electron chi connectivity index (χ0n) is 13.0. The molecule has 1 fully saturated rings. The van der Waals surface area contributed by atoms with Gasteiger partial charge in [-0.25, -0.2) is 4.39 Å². The third kappa shape index (κ3) is 4.41. The predicted octanol–water partition coefficient (Wildman–Crippen LogP) is 2.66. The van der Waals surface area contributed by atoms with Crippen LogP contribution in [0.15, 0.2) is 24.3 Å². The summed E-state index contributed by atoms with van der Waals surface area (Å²) < 4.78 is 19.0. The number of benzene rings is 1. The third-order valence-electron chi connectivity index (χ3n) is 3.83. The van der Waals surface area contributed by atoms with Crippen LogP contribution in [-0.4, -0.2) is 36.0 Å². The summed E-state index contributed by atoms with van der Waals surface area (Å²) in [5.74, 6) is -0.358. The minimum Gasteiger partial charge on any atom is -0.370 e. The minimum atomic E-state index is -0.849. The molecule has 0 radical (unpaired) electrons. The zero-order valence-corrected chi connectivity index (χ0v) is 13.9. The summed E-state index contributed by atoms with van der Waals surface area (Å²) in [5.41, 5.74) is 6.02. The molecule has 22 heavy (non-hydrogen) atoms. The fourth-order valence-electron chi connectivity index (χ4n) is 2.73. The molecule has 2 rings (SSSR count). The number of hydrogen-bond acceptors (Lipinski definition) is 3. The van der Waals surface area contributed by atoms with E-state index in [1.54, 1.807) is 17.9 Å². The smallest absolute Gasteiger partial charge is 0.242 e. The molecule has 0 aliphatic carbocycles. The number of carbonyl (C=O) groups excluding carboxylic acids is 1. The van der Waals surface area contributed by atoms with Gasteiger partial charge in [-0.15, -0.1) is 12.4 Å². The van der Waals surface area contributed by atoms with Crippen LogP contribution in [0.5, 0.6) is 0 Å². The number of hydrogen-bond donors (Lipinski definition) is 1. The minimum absolute atomic E-state index is 0. The van der Waals surface area contributed by atoms with Gasteiger partial charge in [0.05, 0.1) is 18.7 Å². The highest BCUT2D eigenvalue weighted by atomic mass is 35.5. The van der Waals surface area contributed by atoms with Crippen LogP contribution in [0.1, 0.15) is 38.4 Å². The third-order valence-corrected chi connectivity index (χ3v) is 3.83. The Morgan fingerprint density at radius 1 is 1.55 bits per heavy atom. The number of halogens is 2. The first-order valence-electron chi connectivity index (χ1n) is 7.39. The molecule has 1 aliphatic heterocycles. The standard InChI is InChI=1S/C16H23FN2O2.ClH/c1-3-7-16(2,18)15(20)19-8-9-21-14(11-19)12-5-4-6-13(17)10-12;/h4-6,10,14H,3,7-9,11,18H2,1-2H3;1H. The van der Waals surface area contributed by atoms with E-state index in [2.05, 4.69) is 0 Å². The molecule has 1 amide bonds. The first-order chi connectivity index (χ1) is 9.94. The van der Waals surface area contributed by atoms with Gasteiger partial charge in [0, 0.05) is 6.54 Å². The van der Waals surface area contributed by atoms with Crippen molar-refractivity contribution in [3.05, 3.63) is 35.6 Å². The van der Waals surface area contributed by atoms with E-state index in [1.165, 1.54) is 12.1 Å². The van der Waals surface area contributed by atoms with Crippen LogP contribution in [0.2, 0.25) is 0 Å². The fourth-order valence-corrected chi connectivity index (χ4v) is 2.73. The predicted molar refractivity (Wildman–Crippen MR) is 86.4 cm³/mol. The summed E-state index contributed by atoms with van der Waals surface area (Å²) in [6, 6.07) is 6.31. The van der Waals surface area contributed by atoms with Crippen LogP contribution in [0.4, 0.5) is 4.39 Å². The van der Waals surface area contributed by atoms with Gasteiger partial charge in [0.25, 0.3) is 0 Å². The van der Waals surface area contributed by atoms with Gasteiger partial charge in [0.15, 0.2) is 0 Å². The van der Waals surface area contributed by atoms with E-state index in [0.29, 0.717) is 26.1 Å². The topological polar surface area (TPSA) is 55.6 Å². The number of ether oxygens (including phenoxy) is 1. The lowest BCUT2D eigenvalue weighted by Gasteiger charge is -2.37. The molecular formula is C16H24ClFN2O2. The Bertz CT molecular complexity index is 511. The lowest BCUT2D eigenvalue weighted by molar-refractivity contribution is -0.144. The Balaban J connectivity index is 0.00000242. The summed E-state index contributed by atoms with van der Waals surface area (Å²) in [6.45, 7) is 5.16. The van der Waals surface area contributed by atoms with E-state index in [1.807, 2.05) is 13.0 Å². The van der Waals surface area contributed by atoms with E-state index >= 15 is 0 Å². The van der Waals surface area contributed by atoms with Crippen molar-refractivity contribution in [1.29, 1.82) is 0 Å². The SMILES string of the molecule is CCCC(C)(N)C(=O)N1CCOC(c2cccc(F)c2)C1.Cl. The molecule has 1 aromatic carbocycles. The van der Waals surface area contributed by atoms with Crippen LogP contribution in [0.3, 0.4) is 0 Å². The van der Waals surface area contributed by atoms with Gasteiger partial charge in [-0.1, -0.05) is 25.5 Å². The van der Waals surface area contributed by atoms with Crippen LogP contribution < -0.4 is 5.73 Å². The van der Waals surface area contributed by atoms with Gasteiger partial charge in [-0.3, -0.25) is 4.79 Å². The molecule has 1 heterocycles. The fraction of sp³-hybridized carbons (Fsp3) is 0.562. The lowest BCUT2D eigenvalue weighted by atomic mass is 9.95. The number of nitrogens with two attached hydrogens (primary N) is 1. The van der Waals surface area contributed by atoms with Crippen LogP contribution in [0.25, 0.3) is 0 Å². The average Bonchev–Trinajstić information content (AvgIpc) is 2.46. The van der Waals surface area contributed by atoms with Crippen molar-refractivity contribution >= 4 is 18.3 Å². The Labute approximate surface area is 137 Å². The molecule has 0 aromatic heterocycles. The second-order valence-electron chi connectivity index (χ2n) is 5.83. The molecule has 4 nitrogen and oxygen atoms in total. The molecule has 1 saturated heterocycles. The Morgan fingerprint density at radius 3 is 2.91 bits per heavy atom. The largest absolute Gasteiger partial charge is 0.370 e. The summed E-state index contributed by atoms with van der Waals surface area (Å²) >= 11 is 0.